The summed E-state index contributed by atoms with van der Waals surface area (Å²) >= 11 is 3.35. The summed E-state index contributed by atoms with van der Waals surface area (Å²) < 4.78 is 6.73. The Hall–Kier alpha value is -1.55. The number of hydrogen-bond donors (Lipinski definition) is 1. The van der Waals surface area contributed by atoms with E-state index in [0.29, 0.717) is 6.61 Å². The molecule has 0 bridgehead atoms. The Balaban J connectivity index is 2.10. The molecule has 0 unspecified atom stereocenters. The highest BCUT2D eigenvalue weighted by Crippen LogP contribution is 2.24. The van der Waals surface area contributed by atoms with Crippen LogP contribution in [-0.4, -0.2) is 4.98 Å². The third-order valence-corrected chi connectivity index (χ3v) is 3.20. The number of nitrogens with two attached hydrogens (primary N) is 1. The SMILES string of the molecule is Cc1cc(OCc2ccc(Br)cn2)c(C)cc1N. The van der Waals surface area contributed by atoms with E-state index in [-0.39, 0.29) is 0 Å². The van der Waals surface area contributed by atoms with E-state index in [1.165, 1.54) is 0 Å². The van der Waals surface area contributed by atoms with Crippen molar-refractivity contribution in [2.75, 3.05) is 5.73 Å². The highest BCUT2D eigenvalue weighted by molar-refractivity contribution is 9.10. The van der Waals surface area contributed by atoms with E-state index in [4.69, 9.17) is 10.5 Å². The minimum absolute atomic E-state index is 0.456. The molecule has 0 radical (unpaired) electrons. The zero-order valence-corrected chi connectivity index (χ0v) is 12.0. The van der Waals surface area contributed by atoms with Gasteiger partial charge in [0, 0.05) is 16.4 Å². The average molecular weight is 307 g/mol. The van der Waals surface area contributed by atoms with E-state index in [1.54, 1.807) is 6.20 Å². The van der Waals surface area contributed by atoms with Crippen LogP contribution in [0, 0.1) is 13.8 Å². The summed E-state index contributed by atoms with van der Waals surface area (Å²) in [5, 5.41) is 0. The van der Waals surface area contributed by atoms with E-state index in [0.717, 1.165) is 32.7 Å². The Kier molecular flexibility index (Phi) is 3.87. The monoisotopic (exact) mass is 306 g/mol. The van der Waals surface area contributed by atoms with Gasteiger partial charge in [-0.15, -0.1) is 0 Å². The summed E-state index contributed by atoms with van der Waals surface area (Å²) in [5.41, 5.74) is 9.59. The van der Waals surface area contributed by atoms with Gasteiger partial charge >= 0.3 is 0 Å². The van der Waals surface area contributed by atoms with Crippen LogP contribution in [0.15, 0.2) is 34.9 Å². The third-order valence-electron chi connectivity index (χ3n) is 2.73. The maximum atomic E-state index is 5.84. The van der Waals surface area contributed by atoms with Crippen molar-refractivity contribution in [3.63, 3.8) is 0 Å². The fraction of sp³-hybridized carbons (Fsp3) is 0.214. The molecule has 0 saturated heterocycles. The molecule has 0 aliphatic rings. The first-order chi connectivity index (χ1) is 8.56. The third kappa shape index (κ3) is 3.01. The Bertz CT molecular complexity index is 552. The lowest BCUT2D eigenvalue weighted by Gasteiger charge is -2.11. The van der Waals surface area contributed by atoms with Crippen molar-refractivity contribution in [1.29, 1.82) is 0 Å². The summed E-state index contributed by atoms with van der Waals surface area (Å²) in [6.07, 6.45) is 1.76. The van der Waals surface area contributed by atoms with Crippen molar-refractivity contribution >= 4 is 21.6 Å². The van der Waals surface area contributed by atoms with Crippen LogP contribution in [0.1, 0.15) is 16.8 Å². The average Bonchev–Trinajstić information content (AvgIpc) is 2.34. The van der Waals surface area contributed by atoms with Crippen LogP contribution in [0.25, 0.3) is 0 Å². The van der Waals surface area contributed by atoms with Crippen LogP contribution >= 0.6 is 15.9 Å². The largest absolute Gasteiger partial charge is 0.487 e. The van der Waals surface area contributed by atoms with Gasteiger partial charge < -0.3 is 10.5 Å². The van der Waals surface area contributed by atoms with Crippen molar-refractivity contribution in [2.45, 2.75) is 20.5 Å². The summed E-state index contributed by atoms with van der Waals surface area (Å²) in [6.45, 7) is 4.41. The number of hydrogen-bond acceptors (Lipinski definition) is 3. The highest BCUT2D eigenvalue weighted by Gasteiger charge is 2.04. The van der Waals surface area contributed by atoms with Gasteiger partial charge in [-0.2, -0.15) is 0 Å². The second-order valence-corrected chi connectivity index (χ2v) is 5.15. The molecule has 2 N–H and O–H groups in total. The fourth-order valence-corrected chi connectivity index (χ4v) is 1.85. The molecule has 0 saturated carbocycles. The van der Waals surface area contributed by atoms with E-state index in [1.807, 2.05) is 38.1 Å². The Morgan fingerprint density at radius 2 is 2.00 bits per heavy atom. The zero-order chi connectivity index (χ0) is 13.1. The number of ether oxygens (including phenoxy) is 1. The van der Waals surface area contributed by atoms with Crippen LogP contribution in [-0.2, 0) is 6.61 Å². The van der Waals surface area contributed by atoms with Crippen molar-refractivity contribution < 1.29 is 4.74 Å². The van der Waals surface area contributed by atoms with Gasteiger partial charge in [0.1, 0.15) is 12.4 Å². The van der Waals surface area contributed by atoms with E-state index in [2.05, 4.69) is 20.9 Å². The Morgan fingerprint density at radius 3 is 2.67 bits per heavy atom. The molecule has 4 heteroatoms. The molecule has 0 amide bonds. The van der Waals surface area contributed by atoms with Crippen LogP contribution < -0.4 is 10.5 Å². The van der Waals surface area contributed by atoms with Crippen molar-refractivity contribution in [1.82, 2.24) is 4.98 Å². The Morgan fingerprint density at radius 1 is 1.22 bits per heavy atom. The second-order valence-electron chi connectivity index (χ2n) is 4.23. The van der Waals surface area contributed by atoms with Gasteiger partial charge in [-0.1, -0.05) is 0 Å². The molecule has 0 fully saturated rings. The van der Waals surface area contributed by atoms with Crippen molar-refractivity contribution in [3.05, 3.63) is 51.8 Å². The predicted octanol–water partition coefficient (Wildman–Crippen LogP) is 3.62. The summed E-state index contributed by atoms with van der Waals surface area (Å²) in [5.74, 6) is 0.853. The van der Waals surface area contributed by atoms with Gasteiger partial charge in [-0.25, -0.2) is 0 Å². The molecule has 94 valence electrons. The molecule has 0 aliphatic carbocycles. The molecule has 1 aromatic heterocycles. The van der Waals surface area contributed by atoms with Gasteiger partial charge in [0.05, 0.1) is 5.69 Å². The first-order valence-corrected chi connectivity index (χ1v) is 6.45. The quantitative estimate of drug-likeness (QED) is 0.881. The number of nitrogens with zero attached hydrogens (tertiary/aromatic N) is 1. The first kappa shape index (κ1) is 12.9. The molecule has 1 heterocycles. The maximum absolute atomic E-state index is 5.84. The molecule has 0 aliphatic heterocycles. The number of halogens is 1. The van der Waals surface area contributed by atoms with Gasteiger partial charge in [-0.05, 0) is 65.2 Å². The minimum atomic E-state index is 0.456. The standard InChI is InChI=1S/C14H15BrN2O/c1-9-6-14(10(2)5-13(9)16)18-8-12-4-3-11(15)7-17-12/h3-7H,8,16H2,1-2H3. The predicted molar refractivity (Wildman–Crippen MR) is 76.6 cm³/mol. The van der Waals surface area contributed by atoms with Gasteiger partial charge in [0.2, 0.25) is 0 Å². The van der Waals surface area contributed by atoms with Crippen molar-refractivity contribution in [2.24, 2.45) is 0 Å². The highest BCUT2D eigenvalue weighted by atomic mass is 79.9. The molecular weight excluding hydrogens is 292 g/mol. The van der Waals surface area contributed by atoms with Crippen molar-refractivity contribution in [3.8, 4) is 5.75 Å². The molecule has 0 spiro atoms. The van der Waals surface area contributed by atoms with E-state index in [9.17, 15) is 0 Å². The Labute approximate surface area is 115 Å². The number of rotatable bonds is 3. The lowest BCUT2D eigenvalue weighted by atomic mass is 10.1. The lowest BCUT2D eigenvalue weighted by Crippen LogP contribution is -2.00. The lowest BCUT2D eigenvalue weighted by molar-refractivity contribution is 0.299. The normalized spacial score (nSPS) is 10.4. The number of anilines is 1. The summed E-state index contributed by atoms with van der Waals surface area (Å²) in [7, 11) is 0. The molecule has 3 nitrogen and oxygen atoms in total. The topological polar surface area (TPSA) is 48.1 Å². The fourth-order valence-electron chi connectivity index (χ4n) is 1.61. The van der Waals surface area contributed by atoms with Crippen LogP contribution in [0.3, 0.4) is 0 Å². The minimum Gasteiger partial charge on any atom is -0.487 e. The number of aryl methyl sites for hydroxylation is 2. The number of pyridine rings is 1. The van der Waals surface area contributed by atoms with Crippen LogP contribution in [0.5, 0.6) is 5.75 Å². The summed E-state index contributed by atoms with van der Waals surface area (Å²) in [4.78, 5) is 4.27. The zero-order valence-electron chi connectivity index (χ0n) is 10.4. The maximum Gasteiger partial charge on any atom is 0.130 e. The molecule has 2 rings (SSSR count). The molecule has 2 aromatic rings. The van der Waals surface area contributed by atoms with E-state index >= 15 is 0 Å². The van der Waals surface area contributed by atoms with E-state index < -0.39 is 0 Å². The molecule has 18 heavy (non-hydrogen) atoms. The molecule has 1 aromatic carbocycles. The number of nitrogen functional groups attached to an aromatic ring is 1. The molecule has 0 atom stereocenters. The van der Waals surface area contributed by atoms with Gasteiger partial charge in [0.15, 0.2) is 0 Å². The van der Waals surface area contributed by atoms with Crippen LogP contribution in [0.4, 0.5) is 5.69 Å². The smallest absolute Gasteiger partial charge is 0.130 e. The number of benzene rings is 1. The number of aromatic nitrogens is 1. The van der Waals surface area contributed by atoms with Crippen LogP contribution in [0.2, 0.25) is 0 Å². The molecular formula is C14H15BrN2O. The first-order valence-electron chi connectivity index (χ1n) is 5.66. The second kappa shape index (κ2) is 5.40. The summed E-state index contributed by atoms with van der Waals surface area (Å²) in [6, 6.07) is 7.78. The van der Waals surface area contributed by atoms with Gasteiger partial charge in [0.25, 0.3) is 0 Å². The van der Waals surface area contributed by atoms with Gasteiger partial charge in [-0.3, -0.25) is 4.98 Å².